The summed E-state index contributed by atoms with van der Waals surface area (Å²) in [5, 5.41) is 4.34. The fourth-order valence-electron chi connectivity index (χ4n) is 6.96. The monoisotopic (exact) mass is 542 g/mol. The summed E-state index contributed by atoms with van der Waals surface area (Å²) >= 11 is 0. The molecule has 0 spiro atoms. The Morgan fingerprint density at radius 2 is 1.46 bits per heavy atom. The predicted molar refractivity (Wildman–Crippen MR) is 168 cm³/mol. The molecule has 2 aromatic heterocycles. The number of hydrogen-bond acceptors (Lipinski definition) is 1. The molecular formula is C38H37FNO+. The highest BCUT2D eigenvalue weighted by Crippen LogP contribution is 2.43. The smallest absolute Gasteiger partial charge is 0.224 e. The van der Waals surface area contributed by atoms with Gasteiger partial charge in [0.25, 0.3) is 0 Å². The van der Waals surface area contributed by atoms with Gasteiger partial charge < -0.3 is 4.42 Å². The Hall–Kier alpha value is -3.98. The number of hydrogen-bond donors (Lipinski definition) is 0. The van der Waals surface area contributed by atoms with Crippen LogP contribution in [-0.2, 0) is 7.05 Å². The first-order chi connectivity index (χ1) is 19.9. The van der Waals surface area contributed by atoms with Crippen LogP contribution in [0.4, 0.5) is 4.39 Å². The van der Waals surface area contributed by atoms with E-state index in [0.29, 0.717) is 23.0 Å². The number of rotatable bonds is 4. The third-order valence-corrected chi connectivity index (χ3v) is 9.31. The maximum Gasteiger partial charge on any atom is 0.224 e. The van der Waals surface area contributed by atoms with Crippen molar-refractivity contribution in [2.75, 3.05) is 0 Å². The molecule has 3 heteroatoms. The van der Waals surface area contributed by atoms with E-state index in [2.05, 4.69) is 99.2 Å². The van der Waals surface area contributed by atoms with Gasteiger partial charge in [0.1, 0.15) is 24.0 Å². The van der Waals surface area contributed by atoms with Gasteiger partial charge >= 0.3 is 0 Å². The van der Waals surface area contributed by atoms with Gasteiger partial charge in [0, 0.05) is 16.8 Å². The summed E-state index contributed by atoms with van der Waals surface area (Å²) in [5.41, 5.74) is 8.82. The van der Waals surface area contributed by atoms with Gasteiger partial charge in [-0.15, -0.1) is 0 Å². The highest BCUT2D eigenvalue weighted by molar-refractivity contribution is 6.14. The molecule has 6 aromatic rings. The zero-order chi connectivity index (χ0) is 28.2. The van der Waals surface area contributed by atoms with E-state index in [9.17, 15) is 0 Å². The first-order valence-corrected chi connectivity index (χ1v) is 15.1. The van der Waals surface area contributed by atoms with Crippen molar-refractivity contribution in [3.05, 3.63) is 102 Å². The number of benzene rings is 4. The van der Waals surface area contributed by atoms with Gasteiger partial charge in [0.15, 0.2) is 6.20 Å². The second-order valence-corrected chi connectivity index (χ2v) is 12.3. The van der Waals surface area contributed by atoms with Crippen LogP contribution in [0.5, 0.6) is 0 Å². The number of aromatic nitrogens is 1. The van der Waals surface area contributed by atoms with Crippen molar-refractivity contribution in [1.29, 1.82) is 0 Å². The number of fused-ring (bicyclic) bond motifs is 4. The van der Waals surface area contributed by atoms with Gasteiger partial charge in [-0.25, -0.2) is 8.96 Å². The third kappa shape index (κ3) is 4.34. The zero-order valence-corrected chi connectivity index (χ0v) is 24.4. The summed E-state index contributed by atoms with van der Waals surface area (Å²) in [6, 6.07) is 25.2. The Morgan fingerprint density at radius 1 is 0.780 bits per heavy atom. The average Bonchev–Trinajstić information content (AvgIpc) is 3.36. The Labute approximate surface area is 241 Å². The highest BCUT2D eigenvalue weighted by Gasteiger charge is 2.25. The lowest BCUT2D eigenvalue weighted by Gasteiger charge is -2.22. The molecule has 2 nitrogen and oxygen atoms in total. The van der Waals surface area contributed by atoms with Crippen LogP contribution in [0, 0.1) is 12.7 Å². The summed E-state index contributed by atoms with van der Waals surface area (Å²) < 4.78 is 24.5. The molecule has 1 aliphatic rings. The number of aryl methyl sites for hydroxylation is 2. The van der Waals surface area contributed by atoms with Gasteiger partial charge in [-0.05, 0) is 77.4 Å². The summed E-state index contributed by atoms with van der Waals surface area (Å²) in [6.07, 6.45) is 8.56. The lowest BCUT2D eigenvalue weighted by molar-refractivity contribution is -0.659. The van der Waals surface area contributed by atoms with Crippen molar-refractivity contribution in [2.24, 2.45) is 7.05 Å². The van der Waals surface area contributed by atoms with Crippen molar-refractivity contribution in [3.63, 3.8) is 0 Å². The molecule has 0 aliphatic heterocycles. The number of pyridine rings is 1. The first-order valence-electron chi connectivity index (χ1n) is 15.1. The van der Waals surface area contributed by atoms with Crippen LogP contribution in [0.25, 0.3) is 55.1 Å². The Kier molecular flexibility index (Phi) is 6.42. The number of halogens is 1. The zero-order valence-electron chi connectivity index (χ0n) is 24.4. The van der Waals surface area contributed by atoms with E-state index in [1.54, 1.807) is 6.07 Å². The van der Waals surface area contributed by atoms with Crippen molar-refractivity contribution in [1.82, 2.24) is 0 Å². The summed E-state index contributed by atoms with van der Waals surface area (Å²) in [5.74, 6) is 0.827. The molecule has 0 unspecified atom stereocenters. The Morgan fingerprint density at radius 3 is 2.20 bits per heavy atom. The van der Waals surface area contributed by atoms with E-state index in [1.165, 1.54) is 54.0 Å². The minimum atomic E-state index is -0.253. The van der Waals surface area contributed by atoms with Crippen LogP contribution in [0.1, 0.15) is 74.5 Å². The molecular weight excluding hydrogens is 505 g/mol. The number of furan rings is 1. The molecule has 0 atom stereocenters. The van der Waals surface area contributed by atoms with Crippen molar-refractivity contribution < 1.29 is 13.4 Å². The summed E-state index contributed by atoms with van der Waals surface area (Å²) in [7, 11) is 2.09. The normalized spacial score (nSPS) is 14.6. The minimum absolute atomic E-state index is 0.253. The van der Waals surface area contributed by atoms with Crippen LogP contribution in [0.15, 0.2) is 83.4 Å². The van der Waals surface area contributed by atoms with Gasteiger partial charge in [-0.1, -0.05) is 81.6 Å². The molecule has 206 valence electrons. The quantitative estimate of drug-likeness (QED) is 0.203. The Balaban J connectivity index is 1.44. The van der Waals surface area contributed by atoms with E-state index in [1.807, 2.05) is 6.07 Å². The van der Waals surface area contributed by atoms with Gasteiger partial charge in [-0.2, -0.15) is 0 Å². The standard InChI is InChI=1S/C38H37FNO/c1-23(2)28-15-17-30-29(22-28)20-21-40(4)36(30)34-24(3)10-16-31-32-18-19-33(39)35(38(32)41-37(31)34)27-13-11-26(12-14-27)25-8-6-5-7-9-25/h10-23,25H,5-9H2,1-4H3/q+1. The topological polar surface area (TPSA) is 17.0 Å². The predicted octanol–water partition coefficient (Wildman–Crippen LogP) is 10.5. The van der Waals surface area contributed by atoms with Crippen LogP contribution in [0.2, 0.25) is 0 Å². The second kappa shape index (κ2) is 10.1. The van der Waals surface area contributed by atoms with Crippen LogP contribution < -0.4 is 4.57 Å². The van der Waals surface area contributed by atoms with E-state index in [-0.39, 0.29) is 5.82 Å². The number of nitrogens with zero attached hydrogens (tertiary/aromatic N) is 1. The summed E-state index contributed by atoms with van der Waals surface area (Å²) in [4.78, 5) is 0. The lowest BCUT2D eigenvalue weighted by atomic mass is 9.83. The van der Waals surface area contributed by atoms with Gasteiger partial charge in [-0.3, -0.25) is 0 Å². The largest absolute Gasteiger partial charge is 0.454 e. The van der Waals surface area contributed by atoms with Crippen LogP contribution in [0.3, 0.4) is 0 Å². The fraction of sp³-hybridized carbons (Fsp3) is 0.289. The molecule has 1 saturated carbocycles. The van der Waals surface area contributed by atoms with E-state index in [4.69, 9.17) is 4.42 Å². The third-order valence-electron chi connectivity index (χ3n) is 9.31. The fourth-order valence-corrected chi connectivity index (χ4v) is 6.96. The molecule has 0 saturated heterocycles. The highest BCUT2D eigenvalue weighted by atomic mass is 19.1. The summed E-state index contributed by atoms with van der Waals surface area (Å²) in [6.45, 7) is 6.59. The van der Waals surface area contributed by atoms with E-state index in [0.717, 1.165) is 38.7 Å². The lowest BCUT2D eigenvalue weighted by Crippen LogP contribution is -2.30. The van der Waals surface area contributed by atoms with E-state index < -0.39 is 0 Å². The molecule has 0 radical (unpaired) electrons. The maximum atomic E-state index is 15.6. The molecule has 0 bridgehead atoms. The van der Waals surface area contributed by atoms with Crippen molar-refractivity contribution in [2.45, 2.75) is 64.7 Å². The van der Waals surface area contributed by atoms with E-state index >= 15 is 4.39 Å². The molecule has 1 fully saturated rings. The maximum absolute atomic E-state index is 15.6. The van der Waals surface area contributed by atoms with Crippen molar-refractivity contribution in [3.8, 4) is 22.4 Å². The second-order valence-electron chi connectivity index (χ2n) is 12.3. The minimum Gasteiger partial charge on any atom is -0.454 e. The Bertz CT molecular complexity index is 1920. The first kappa shape index (κ1) is 26.0. The van der Waals surface area contributed by atoms with Gasteiger partial charge in [0.05, 0.1) is 16.5 Å². The van der Waals surface area contributed by atoms with Crippen LogP contribution in [-0.4, -0.2) is 0 Å². The molecule has 4 aromatic carbocycles. The SMILES string of the molecule is Cc1ccc2c(oc3c(-c4ccc(C5CCCCC5)cc4)c(F)ccc32)c1-c1c2ccc(C(C)C)cc2cc[n+]1C. The molecule has 41 heavy (non-hydrogen) atoms. The molecule has 1 aliphatic carbocycles. The molecule has 0 N–H and O–H groups in total. The molecule has 7 rings (SSSR count). The molecule has 0 amide bonds. The molecule has 2 heterocycles. The van der Waals surface area contributed by atoms with Crippen molar-refractivity contribution >= 4 is 32.7 Å². The van der Waals surface area contributed by atoms with Gasteiger partial charge in [0.2, 0.25) is 5.69 Å². The van der Waals surface area contributed by atoms with Crippen LogP contribution >= 0.6 is 0 Å². The average molecular weight is 543 g/mol.